The van der Waals surface area contributed by atoms with E-state index in [1.165, 1.54) is 41.4 Å². The van der Waals surface area contributed by atoms with Gasteiger partial charge in [0.15, 0.2) is 17.3 Å². The molecular formula is C19H23F2N3O6S. The second kappa shape index (κ2) is 9.18. The molecule has 31 heavy (non-hydrogen) atoms. The fourth-order valence-corrected chi connectivity index (χ4v) is 5.25. The highest BCUT2D eigenvalue weighted by Gasteiger charge is 2.33. The smallest absolute Gasteiger partial charge is 0.387 e. The molecule has 0 bridgehead atoms. The Morgan fingerprint density at radius 3 is 2.52 bits per heavy atom. The highest BCUT2D eigenvalue weighted by molar-refractivity contribution is 7.89. The molecule has 0 N–H and O–H groups in total. The molecule has 1 fully saturated rings. The maximum Gasteiger partial charge on any atom is 0.387 e. The molecule has 3 rings (SSSR count). The summed E-state index contributed by atoms with van der Waals surface area (Å²) in [5.74, 6) is -0.386. The van der Waals surface area contributed by atoms with Crippen LogP contribution in [0.2, 0.25) is 0 Å². The number of hydrogen-bond donors (Lipinski definition) is 0. The van der Waals surface area contributed by atoms with Gasteiger partial charge >= 0.3 is 6.61 Å². The molecule has 1 saturated heterocycles. The van der Waals surface area contributed by atoms with Crippen LogP contribution in [0.15, 0.2) is 27.6 Å². The largest absolute Gasteiger partial charge is 0.493 e. The number of sulfonamides is 1. The van der Waals surface area contributed by atoms with Crippen molar-refractivity contribution in [2.45, 2.75) is 31.8 Å². The predicted molar refractivity (Wildman–Crippen MR) is 105 cm³/mol. The molecule has 1 aliphatic rings. The zero-order valence-corrected chi connectivity index (χ0v) is 18.1. The number of amides is 1. The number of carbonyl (C=O) groups is 1. The minimum absolute atomic E-state index is 0.0382. The zero-order chi connectivity index (χ0) is 22.8. The molecule has 2 aromatic rings. The molecule has 1 aromatic carbocycles. The molecule has 12 heteroatoms. The molecule has 170 valence electrons. The third-order valence-corrected chi connectivity index (χ3v) is 7.08. The van der Waals surface area contributed by atoms with Crippen molar-refractivity contribution >= 4 is 15.9 Å². The molecule has 1 aromatic heterocycles. The van der Waals surface area contributed by atoms with Crippen LogP contribution in [0.5, 0.6) is 11.5 Å². The molecule has 0 radical (unpaired) electrons. The molecule has 0 spiro atoms. The zero-order valence-electron chi connectivity index (χ0n) is 17.3. The minimum Gasteiger partial charge on any atom is -0.493 e. The van der Waals surface area contributed by atoms with Crippen molar-refractivity contribution in [3.05, 3.63) is 35.2 Å². The standard InChI is InChI=1S/C19H23F2N3O6S/c1-12-17(13(2)30-22-12)31(26,27)24-8-4-7-23(9-10-24)18(25)14-5-6-15(28-3)16(11-14)29-19(20)21/h5-6,11,19H,4,7-10H2,1-3H3. The van der Waals surface area contributed by atoms with E-state index in [0.29, 0.717) is 13.0 Å². The van der Waals surface area contributed by atoms with Crippen molar-refractivity contribution in [3.8, 4) is 11.5 Å². The van der Waals surface area contributed by atoms with Crippen molar-refractivity contribution in [1.29, 1.82) is 0 Å². The Labute approximate surface area is 178 Å². The first-order valence-corrected chi connectivity index (χ1v) is 10.9. The Balaban J connectivity index is 1.77. The average Bonchev–Trinajstić information content (AvgIpc) is 2.92. The van der Waals surface area contributed by atoms with Crippen LogP contribution in [-0.2, 0) is 10.0 Å². The van der Waals surface area contributed by atoms with E-state index >= 15 is 0 Å². The van der Waals surface area contributed by atoms with Gasteiger partial charge in [-0.25, -0.2) is 8.42 Å². The number of ether oxygens (including phenoxy) is 2. The molecule has 9 nitrogen and oxygen atoms in total. The number of nitrogens with zero attached hydrogens (tertiary/aromatic N) is 3. The van der Waals surface area contributed by atoms with E-state index in [9.17, 15) is 22.0 Å². The Morgan fingerprint density at radius 1 is 1.16 bits per heavy atom. The molecular weight excluding hydrogens is 436 g/mol. The lowest BCUT2D eigenvalue weighted by molar-refractivity contribution is -0.0512. The lowest BCUT2D eigenvalue weighted by atomic mass is 10.1. The van der Waals surface area contributed by atoms with Gasteiger partial charge in [0.1, 0.15) is 10.6 Å². The van der Waals surface area contributed by atoms with E-state index in [2.05, 4.69) is 9.89 Å². The van der Waals surface area contributed by atoms with Crippen LogP contribution in [0.4, 0.5) is 8.78 Å². The van der Waals surface area contributed by atoms with Gasteiger partial charge in [0.25, 0.3) is 5.91 Å². The third kappa shape index (κ3) is 4.79. The Hall–Kier alpha value is -2.73. The van der Waals surface area contributed by atoms with Gasteiger partial charge in [0, 0.05) is 31.7 Å². The molecule has 1 amide bonds. The monoisotopic (exact) mass is 459 g/mol. The normalized spacial score (nSPS) is 15.7. The van der Waals surface area contributed by atoms with Crippen LogP contribution in [0.25, 0.3) is 0 Å². The van der Waals surface area contributed by atoms with Gasteiger partial charge in [0.05, 0.1) is 7.11 Å². The summed E-state index contributed by atoms with van der Waals surface area (Å²) >= 11 is 0. The second-order valence-corrected chi connectivity index (χ2v) is 8.82. The SMILES string of the molecule is COc1ccc(C(=O)N2CCCN(S(=O)(=O)c3c(C)noc3C)CC2)cc1OC(F)F. The van der Waals surface area contributed by atoms with E-state index in [1.54, 1.807) is 6.92 Å². The third-order valence-electron chi connectivity index (χ3n) is 4.93. The molecule has 0 aliphatic carbocycles. The summed E-state index contributed by atoms with van der Waals surface area (Å²) in [4.78, 5) is 14.5. The number of alkyl halides is 2. The van der Waals surface area contributed by atoms with Crippen molar-refractivity contribution in [1.82, 2.24) is 14.4 Å². The number of rotatable bonds is 6. The van der Waals surface area contributed by atoms with E-state index in [0.717, 1.165) is 0 Å². The van der Waals surface area contributed by atoms with Gasteiger partial charge in [0.2, 0.25) is 10.0 Å². The fraction of sp³-hybridized carbons (Fsp3) is 0.474. The van der Waals surface area contributed by atoms with E-state index in [4.69, 9.17) is 9.26 Å². The maximum absolute atomic E-state index is 13.0. The van der Waals surface area contributed by atoms with Crippen LogP contribution < -0.4 is 9.47 Å². The topological polar surface area (TPSA) is 102 Å². The van der Waals surface area contributed by atoms with Gasteiger partial charge in [-0.15, -0.1) is 0 Å². The van der Waals surface area contributed by atoms with Crippen molar-refractivity contribution in [2.24, 2.45) is 0 Å². The van der Waals surface area contributed by atoms with Crippen molar-refractivity contribution in [3.63, 3.8) is 0 Å². The summed E-state index contributed by atoms with van der Waals surface area (Å²) in [6, 6.07) is 4.01. The average molecular weight is 459 g/mol. The summed E-state index contributed by atoms with van der Waals surface area (Å²) in [5, 5.41) is 3.71. The highest BCUT2D eigenvalue weighted by atomic mass is 32.2. The predicted octanol–water partition coefficient (Wildman–Crippen LogP) is 2.44. The molecule has 1 aliphatic heterocycles. The summed E-state index contributed by atoms with van der Waals surface area (Å²) in [6.45, 7) is 0.763. The van der Waals surface area contributed by atoms with Gasteiger partial charge < -0.3 is 18.9 Å². The number of hydrogen-bond acceptors (Lipinski definition) is 7. The van der Waals surface area contributed by atoms with Gasteiger partial charge in [-0.3, -0.25) is 4.79 Å². The number of aromatic nitrogens is 1. The van der Waals surface area contributed by atoms with E-state index in [1.807, 2.05) is 0 Å². The van der Waals surface area contributed by atoms with Crippen LogP contribution in [0.1, 0.15) is 28.2 Å². The fourth-order valence-electron chi connectivity index (χ4n) is 3.49. The summed E-state index contributed by atoms with van der Waals surface area (Å²) in [5.41, 5.74) is 0.415. The first-order valence-electron chi connectivity index (χ1n) is 9.50. The first-order chi connectivity index (χ1) is 14.6. The lowest BCUT2D eigenvalue weighted by Gasteiger charge is -2.22. The second-order valence-electron chi connectivity index (χ2n) is 6.95. The summed E-state index contributed by atoms with van der Waals surface area (Å²) < 4.78 is 67.1. The first kappa shape index (κ1) is 22.9. The number of carbonyl (C=O) groups excluding carboxylic acids is 1. The van der Waals surface area contributed by atoms with Gasteiger partial charge in [-0.2, -0.15) is 13.1 Å². The van der Waals surface area contributed by atoms with Crippen LogP contribution >= 0.6 is 0 Å². The Kier molecular flexibility index (Phi) is 6.80. The van der Waals surface area contributed by atoms with Crippen LogP contribution in [-0.4, -0.2) is 68.6 Å². The molecule has 0 saturated carbocycles. The number of methoxy groups -OCH3 is 1. The molecule has 2 heterocycles. The van der Waals surface area contributed by atoms with Crippen LogP contribution in [0.3, 0.4) is 0 Å². The minimum atomic E-state index is -3.83. The number of halogens is 2. The van der Waals surface area contributed by atoms with Crippen molar-refractivity contribution < 1.29 is 36.0 Å². The lowest BCUT2D eigenvalue weighted by Crippen LogP contribution is -2.37. The quantitative estimate of drug-likeness (QED) is 0.654. The maximum atomic E-state index is 13.0. The van der Waals surface area contributed by atoms with E-state index < -0.39 is 22.5 Å². The van der Waals surface area contributed by atoms with E-state index in [-0.39, 0.29) is 53.0 Å². The Morgan fingerprint density at radius 2 is 1.90 bits per heavy atom. The number of aryl methyl sites for hydroxylation is 2. The Bertz CT molecular complexity index is 1040. The highest BCUT2D eigenvalue weighted by Crippen LogP contribution is 2.30. The van der Waals surface area contributed by atoms with Crippen LogP contribution in [0, 0.1) is 13.8 Å². The van der Waals surface area contributed by atoms with Crippen molar-refractivity contribution in [2.75, 3.05) is 33.3 Å². The van der Waals surface area contributed by atoms with Gasteiger partial charge in [-0.05, 0) is 38.5 Å². The number of benzene rings is 1. The summed E-state index contributed by atoms with van der Waals surface area (Å²) in [7, 11) is -2.52. The molecule has 0 unspecified atom stereocenters. The molecule has 0 atom stereocenters. The van der Waals surface area contributed by atoms with Gasteiger partial charge in [-0.1, -0.05) is 5.16 Å². The summed E-state index contributed by atoms with van der Waals surface area (Å²) in [6.07, 6.45) is 0.408.